The minimum absolute atomic E-state index is 0.651. The number of hydrogen-bond donors (Lipinski definition) is 1. The Morgan fingerprint density at radius 3 is 2.24 bits per heavy atom. The number of rotatable bonds is 5. The van der Waals surface area contributed by atoms with Crippen LogP contribution in [0.1, 0.15) is 48.0 Å². The molecule has 0 aliphatic carbocycles. The Labute approximate surface area is 108 Å². The second-order valence-electron chi connectivity index (χ2n) is 6.48. The third-order valence-electron chi connectivity index (χ3n) is 4.36. The lowest BCUT2D eigenvalue weighted by Gasteiger charge is -2.42. The molecule has 0 amide bonds. The Balaban J connectivity index is 2.61. The van der Waals surface area contributed by atoms with Crippen LogP contribution in [0.25, 0.3) is 0 Å². The summed E-state index contributed by atoms with van der Waals surface area (Å²) < 4.78 is 0. The highest BCUT2D eigenvalue weighted by atomic mass is 15.2. The Bertz CT molecular complexity index is 205. The van der Waals surface area contributed by atoms with Crippen LogP contribution in [-0.4, -0.2) is 36.6 Å². The fraction of sp³-hybridized carbons (Fsp3) is 1.00. The van der Waals surface area contributed by atoms with Gasteiger partial charge in [-0.25, -0.2) is 0 Å². The van der Waals surface area contributed by atoms with Crippen molar-refractivity contribution in [2.45, 2.75) is 60.0 Å². The molecule has 17 heavy (non-hydrogen) atoms. The molecule has 1 N–H and O–H groups in total. The van der Waals surface area contributed by atoms with Crippen LogP contribution in [0.3, 0.4) is 0 Å². The minimum atomic E-state index is 0.651. The molecule has 1 saturated heterocycles. The van der Waals surface area contributed by atoms with E-state index in [1.165, 1.54) is 26.1 Å². The first-order chi connectivity index (χ1) is 7.95. The van der Waals surface area contributed by atoms with Crippen LogP contribution in [0.4, 0.5) is 0 Å². The molecule has 1 heterocycles. The third kappa shape index (κ3) is 4.26. The first-order valence-corrected chi connectivity index (χ1v) is 7.43. The molecule has 1 fully saturated rings. The van der Waals surface area contributed by atoms with E-state index in [9.17, 15) is 0 Å². The zero-order chi connectivity index (χ0) is 13.0. The van der Waals surface area contributed by atoms with Crippen molar-refractivity contribution in [2.24, 2.45) is 17.8 Å². The molecule has 2 nitrogen and oxygen atoms in total. The van der Waals surface area contributed by atoms with Crippen molar-refractivity contribution in [2.75, 3.05) is 19.6 Å². The summed E-state index contributed by atoms with van der Waals surface area (Å²) in [7, 11) is 0. The third-order valence-corrected chi connectivity index (χ3v) is 4.36. The van der Waals surface area contributed by atoms with Gasteiger partial charge in [0.15, 0.2) is 0 Å². The Morgan fingerprint density at radius 1 is 1.18 bits per heavy atom. The van der Waals surface area contributed by atoms with Crippen molar-refractivity contribution in [1.29, 1.82) is 0 Å². The lowest BCUT2D eigenvalue weighted by atomic mass is 9.84. The van der Waals surface area contributed by atoms with Crippen LogP contribution in [0.15, 0.2) is 0 Å². The van der Waals surface area contributed by atoms with Gasteiger partial charge in [0, 0.05) is 31.7 Å². The predicted molar refractivity (Wildman–Crippen MR) is 76.3 cm³/mol. The molecule has 1 aliphatic heterocycles. The van der Waals surface area contributed by atoms with Crippen molar-refractivity contribution in [3.05, 3.63) is 0 Å². The van der Waals surface area contributed by atoms with Crippen LogP contribution in [-0.2, 0) is 0 Å². The Kier molecular flexibility index (Phi) is 5.94. The lowest BCUT2D eigenvalue weighted by molar-refractivity contribution is 0.0848. The summed E-state index contributed by atoms with van der Waals surface area (Å²) >= 11 is 0. The molecule has 0 aromatic carbocycles. The van der Waals surface area contributed by atoms with Gasteiger partial charge in [0.25, 0.3) is 0 Å². The highest BCUT2D eigenvalue weighted by Crippen LogP contribution is 2.24. The van der Waals surface area contributed by atoms with Gasteiger partial charge in [0.1, 0.15) is 0 Å². The summed E-state index contributed by atoms with van der Waals surface area (Å²) in [4.78, 5) is 2.73. The van der Waals surface area contributed by atoms with E-state index in [1.807, 2.05) is 0 Å². The highest BCUT2D eigenvalue weighted by molar-refractivity contribution is 4.85. The molecule has 0 spiro atoms. The monoisotopic (exact) mass is 240 g/mol. The standard InChI is InChI=1S/C15H32N2/c1-7-14-8-16-13(6)9-17(14)10-15(11(2)3)12(4)5/h11-16H,7-10H2,1-6H3. The zero-order valence-corrected chi connectivity index (χ0v) is 12.7. The topological polar surface area (TPSA) is 15.3 Å². The molecule has 0 aromatic rings. The van der Waals surface area contributed by atoms with Crippen LogP contribution < -0.4 is 5.32 Å². The van der Waals surface area contributed by atoms with Gasteiger partial charge in [-0.15, -0.1) is 0 Å². The highest BCUT2D eigenvalue weighted by Gasteiger charge is 2.28. The maximum Gasteiger partial charge on any atom is 0.0218 e. The fourth-order valence-corrected chi connectivity index (χ4v) is 3.12. The number of nitrogens with zero attached hydrogens (tertiary/aromatic N) is 1. The number of hydrogen-bond acceptors (Lipinski definition) is 2. The summed E-state index contributed by atoms with van der Waals surface area (Å²) in [5.41, 5.74) is 0. The molecule has 2 atom stereocenters. The van der Waals surface area contributed by atoms with Crippen LogP contribution in [0.5, 0.6) is 0 Å². The van der Waals surface area contributed by atoms with Gasteiger partial charge in [-0.05, 0) is 31.1 Å². The van der Waals surface area contributed by atoms with E-state index in [0.29, 0.717) is 6.04 Å². The van der Waals surface area contributed by atoms with Gasteiger partial charge < -0.3 is 5.32 Å². The van der Waals surface area contributed by atoms with Gasteiger partial charge in [-0.3, -0.25) is 4.90 Å². The van der Waals surface area contributed by atoms with Crippen molar-refractivity contribution in [3.63, 3.8) is 0 Å². The van der Waals surface area contributed by atoms with Crippen molar-refractivity contribution < 1.29 is 0 Å². The van der Waals surface area contributed by atoms with E-state index in [4.69, 9.17) is 0 Å². The maximum absolute atomic E-state index is 3.60. The predicted octanol–water partition coefficient (Wildman–Crippen LogP) is 2.99. The van der Waals surface area contributed by atoms with E-state index in [2.05, 4.69) is 51.8 Å². The summed E-state index contributed by atoms with van der Waals surface area (Å²) in [6.07, 6.45) is 1.27. The molecule has 0 saturated carbocycles. The molecule has 0 radical (unpaired) electrons. The number of nitrogens with one attached hydrogen (secondary N) is 1. The first-order valence-electron chi connectivity index (χ1n) is 7.43. The molecule has 1 aliphatic rings. The van der Waals surface area contributed by atoms with Crippen molar-refractivity contribution in [1.82, 2.24) is 10.2 Å². The average Bonchev–Trinajstić information content (AvgIpc) is 2.25. The molecule has 1 rings (SSSR count). The summed E-state index contributed by atoms with van der Waals surface area (Å²) in [5, 5.41) is 3.60. The lowest BCUT2D eigenvalue weighted by Crippen LogP contribution is -2.56. The molecule has 0 bridgehead atoms. The van der Waals surface area contributed by atoms with Gasteiger partial charge in [0.2, 0.25) is 0 Å². The molecule has 102 valence electrons. The molecular formula is C15H32N2. The zero-order valence-electron chi connectivity index (χ0n) is 12.7. The normalized spacial score (nSPS) is 27.4. The quantitative estimate of drug-likeness (QED) is 0.795. The average molecular weight is 240 g/mol. The fourth-order valence-electron chi connectivity index (χ4n) is 3.12. The van der Waals surface area contributed by atoms with E-state index in [0.717, 1.165) is 23.8 Å². The summed E-state index contributed by atoms with van der Waals surface area (Å²) in [5.74, 6) is 2.41. The smallest absolute Gasteiger partial charge is 0.0218 e. The van der Waals surface area contributed by atoms with Gasteiger partial charge in [0.05, 0.1) is 0 Å². The van der Waals surface area contributed by atoms with E-state index >= 15 is 0 Å². The Hall–Kier alpha value is -0.0800. The van der Waals surface area contributed by atoms with Crippen LogP contribution in [0, 0.1) is 17.8 Å². The van der Waals surface area contributed by atoms with E-state index in [1.54, 1.807) is 0 Å². The van der Waals surface area contributed by atoms with Crippen molar-refractivity contribution in [3.8, 4) is 0 Å². The number of piperazine rings is 1. The van der Waals surface area contributed by atoms with E-state index < -0.39 is 0 Å². The minimum Gasteiger partial charge on any atom is -0.311 e. The molecular weight excluding hydrogens is 208 g/mol. The van der Waals surface area contributed by atoms with Crippen LogP contribution >= 0.6 is 0 Å². The second-order valence-corrected chi connectivity index (χ2v) is 6.48. The molecule has 2 unspecified atom stereocenters. The molecule has 2 heteroatoms. The maximum atomic E-state index is 3.60. The van der Waals surface area contributed by atoms with Gasteiger partial charge >= 0.3 is 0 Å². The van der Waals surface area contributed by atoms with Crippen LogP contribution in [0.2, 0.25) is 0 Å². The van der Waals surface area contributed by atoms with Gasteiger partial charge in [-0.1, -0.05) is 34.6 Å². The summed E-state index contributed by atoms with van der Waals surface area (Å²) in [6, 6.07) is 1.39. The SMILES string of the molecule is CCC1CNC(C)CN1CC(C(C)C)C(C)C. The van der Waals surface area contributed by atoms with Gasteiger partial charge in [-0.2, -0.15) is 0 Å². The van der Waals surface area contributed by atoms with E-state index in [-0.39, 0.29) is 0 Å². The summed E-state index contributed by atoms with van der Waals surface area (Å²) in [6.45, 7) is 17.8. The second kappa shape index (κ2) is 6.75. The molecule has 0 aromatic heterocycles. The first kappa shape index (κ1) is 15.0. The largest absolute Gasteiger partial charge is 0.311 e. The Morgan fingerprint density at radius 2 is 1.76 bits per heavy atom. The van der Waals surface area contributed by atoms with Crippen molar-refractivity contribution >= 4 is 0 Å².